The highest BCUT2D eigenvalue weighted by Gasteiger charge is 2.30. The van der Waals surface area contributed by atoms with Gasteiger partial charge in [-0.3, -0.25) is 0 Å². The van der Waals surface area contributed by atoms with E-state index >= 15 is 0 Å². The molecule has 2 nitrogen and oxygen atoms in total. The number of aliphatic hydroxyl groups is 1. The highest BCUT2D eigenvalue weighted by atomic mass is 19.4. The maximum atomic E-state index is 13.3. The molecule has 1 aromatic carbocycles. The van der Waals surface area contributed by atoms with Crippen LogP contribution in [0.3, 0.4) is 0 Å². The van der Waals surface area contributed by atoms with Gasteiger partial charge < -0.3 is 9.52 Å². The lowest BCUT2D eigenvalue weighted by Gasteiger charge is -2.06. The Hall–Kier alpha value is -1.56. The number of alkyl halides is 3. The topological polar surface area (TPSA) is 33.4 Å². The Morgan fingerprint density at radius 1 is 1.18 bits per heavy atom. The van der Waals surface area contributed by atoms with Crippen LogP contribution in [0.25, 0.3) is 11.0 Å². The minimum atomic E-state index is -4.41. The number of aliphatic hydroxyl groups excluding tert-OH is 1. The predicted molar refractivity (Wildman–Crippen MR) is 51.9 cm³/mol. The van der Waals surface area contributed by atoms with Gasteiger partial charge >= 0.3 is 6.18 Å². The Morgan fingerprint density at radius 2 is 1.88 bits per heavy atom. The van der Waals surface area contributed by atoms with Crippen molar-refractivity contribution in [2.24, 2.45) is 0 Å². The Kier molecular flexibility index (Phi) is 2.82. The summed E-state index contributed by atoms with van der Waals surface area (Å²) in [7, 11) is 0. The smallest absolute Gasteiger partial charge is 0.393 e. The summed E-state index contributed by atoms with van der Waals surface area (Å²) in [5.74, 6) is -0.745. The molecular weight excluding hydrogens is 240 g/mol. The maximum Gasteiger partial charge on any atom is 0.393 e. The van der Waals surface area contributed by atoms with Crippen molar-refractivity contribution in [3.05, 3.63) is 35.3 Å². The van der Waals surface area contributed by atoms with Gasteiger partial charge in [0, 0.05) is 10.9 Å². The molecule has 0 bridgehead atoms. The van der Waals surface area contributed by atoms with E-state index in [-0.39, 0.29) is 22.1 Å². The van der Waals surface area contributed by atoms with Crippen LogP contribution in [-0.4, -0.2) is 11.3 Å². The summed E-state index contributed by atoms with van der Waals surface area (Å²) in [4.78, 5) is 0. The van der Waals surface area contributed by atoms with E-state index in [1.165, 1.54) is 6.07 Å². The molecular formula is C11H8F4O2. The molecule has 6 heteroatoms. The number of furan rings is 1. The molecule has 0 spiro atoms. The van der Waals surface area contributed by atoms with E-state index < -0.39 is 25.0 Å². The molecule has 0 saturated heterocycles. The summed E-state index contributed by atoms with van der Waals surface area (Å²) in [6.07, 6.45) is -4.74. The zero-order valence-corrected chi connectivity index (χ0v) is 8.51. The largest absolute Gasteiger partial charge is 0.461 e. The van der Waals surface area contributed by atoms with Crippen molar-refractivity contribution in [2.75, 3.05) is 0 Å². The highest BCUT2D eigenvalue weighted by Crippen LogP contribution is 2.32. The molecule has 1 N–H and O–H groups in total. The van der Waals surface area contributed by atoms with E-state index in [1.807, 2.05) is 0 Å². The van der Waals surface area contributed by atoms with Crippen molar-refractivity contribution < 1.29 is 27.1 Å². The molecule has 0 radical (unpaired) electrons. The number of rotatable bonds is 2. The number of halogens is 4. The Labute approximate surface area is 93.5 Å². The molecule has 0 aliphatic heterocycles. The van der Waals surface area contributed by atoms with Gasteiger partial charge in [-0.05, 0) is 11.6 Å². The van der Waals surface area contributed by atoms with Crippen molar-refractivity contribution in [2.45, 2.75) is 19.2 Å². The first-order valence-corrected chi connectivity index (χ1v) is 4.77. The standard InChI is InChI=1S/C11H8F4O2/c12-8-2-1-6(4-16)9-7(3-11(13,14)15)5-17-10(8)9/h1-2,5,16H,3-4H2. The summed E-state index contributed by atoms with van der Waals surface area (Å²) < 4.78 is 54.9. The molecule has 0 aliphatic carbocycles. The van der Waals surface area contributed by atoms with Gasteiger partial charge in [-0.25, -0.2) is 4.39 Å². The van der Waals surface area contributed by atoms with E-state index in [4.69, 9.17) is 9.52 Å². The lowest BCUT2D eigenvalue weighted by Crippen LogP contribution is -2.11. The van der Waals surface area contributed by atoms with Crippen molar-refractivity contribution in [1.29, 1.82) is 0 Å². The molecule has 0 aliphatic rings. The van der Waals surface area contributed by atoms with Crippen LogP contribution >= 0.6 is 0 Å². The first-order valence-electron chi connectivity index (χ1n) is 4.77. The second kappa shape index (κ2) is 4.03. The van der Waals surface area contributed by atoms with Gasteiger partial charge in [-0.2, -0.15) is 13.2 Å². The van der Waals surface area contributed by atoms with Gasteiger partial charge in [0.05, 0.1) is 19.3 Å². The minimum Gasteiger partial charge on any atom is -0.461 e. The zero-order chi connectivity index (χ0) is 12.6. The Morgan fingerprint density at radius 3 is 2.47 bits per heavy atom. The van der Waals surface area contributed by atoms with Gasteiger partial charge in [0.25, 0.3) is 0 Å². The maximum absolute atomic E-state index is 13.3. The van der Waals surface area contributed by atoms with Crippen LogP contribution in [0.4, 0.5) is 17.6 Å². The van der Waals surface area contributed by atoms with Crippen LogP contribution in [0.5, 0.6) is 0 Å². The summed E-state index contributed by atoms with van der Waals surface area (Å²) in [6.45, 7) is -0.471. The second-order valence-corrected chi connectivity index (χ2v) is 3.62. The Bertz CT molecular complexity index is 542. The Balaban J connectivity index is 2.61. The molecule has 1 aromatic heterocycles. The SMILES string of the molecule is OCc1ccc(F)c2occ(CC(F)(F)F)c12. The first-order chi connectivity index (χ1) is 7.92. The van der Waals surface area contributed by atoms with Crippen molar-refractivity contribution in [3.63, 3.8) is 0 Å². The fourth-order valence-electron chi connectivity index (χ4n) is 1.73. The summed E-state index contributed by atoms with van der Waals surface area (Å²) in [6, 6.07) is 2.29. The van der Waals surface area contributed by atoms with E-state index in [1.54, 1.807) is 0 Å². The van der Waals surface area contributed by atoms with Crippen molar-refractivity contribution in [3.8, 4) is 0 Å². The van der Waals surface area contributed by atoms with Crippen LogP contribution < -0.4 is 0 Å². The normalized spacial score (nSPS) is 12.3. The fourth-order valence-corrected chi connectivity index (χ4v) is 1.73. The highest BCUT2D eigenvalue weighted by molar-refractivity contribution is 5.85. The molecule has 0 saturated carbocycles. The summed E-state index contributed by atoms with van der Waals surface area (Å²) in [5.41, 5.74) is -0.207. The molecule has 0 unspecified atom stereocenters. The van der Waals surface area contributed by atoms with Crippen molar-refractivity contribution >= 4 is 11.0 Å². The predicted octanol–water partition coefficient (Wildman–Crippen LogP) is 3.17. The molecule has 92 valence electrons. The molecule has 1 heterocycles. The van der Waals surface area contributed by atoms with Gasteiger partial charge in [-0.15, -0.1) is 0 Å². The summed E-state index contributed by atoms with van der Waals surface area (Å²) in [5, 5.41) is 9.03. The molecule has 2 aromatic rings. The molecule has 2 rings (SSSR count). The average Bonchev–Trinajstić information content (AvgIpc) is 2.62. The van der Waals surface area contributed by atoms with E-state index in [9.17, 15) is 17.6 Å². The van der Waals surface area contributed by atoms with E-state index in [2.05, 4.69) is 0 Å². The van der Waals surface area contributed by atoms with Crippen LogP contribution in [0.15, 0.2) is 22.8 Å². The molecule has 0 amide bonds. The lowest BCUT2D eigenvalue weighted by molar-refractivity contribution is -0.127. The van der Waals surface area contributed by atoms with Crippen LogP contribution in [0.2, 0.25) is 0 Å². The van der Waals surface area contributed by atoms with Crippen LogP contribution in [-0.2, 0) is 13.0 Å². The molecule has 0 fully saturated rings. The first kappa shape index (κ1) is 11.9. The lowest BCUT2D eigenvalue weighted by atomic mass is 10.0. The minimum absolute atomic E-state index is 0.00447. The second-order valence-electron chi connectivity index (χ2n) is 3.62. The van der Waals surface area contributed by atoms with Gasteiger partial charge in [0.15, 0.2) is 11.4 Å². The third-order valence-electron chi connectivity index (χ3n) is 2.40. The third kappa shape index (κ3) is 2.26. The number of hydrogen-bond acceptors (Lipinski definition) is 2. The average molecular weight is 248 g/mol. The van der Waals surface area contributed by atoms with Crippen LogP contribution in [0, 0.1) is 5.82 Å². The van der Waals surface area contributed by atoms with Gasteiger partial charge in [-0.1, -0.05) is 6.07 Å². The van der Waals surface area contributed by atoms with E-state index in [0.717, 1.165) is 12.3 Å². The molecule has 17 heavy (non-hydrogen) atoms. The van der Waals surface area contributed by atoms with Crippen molar-refractivity contribution in [1.82, 2.24) is 0 Å². The number of fused-ring (bicyclic) bond motifs is 1. The van der Waals surface area contributed by atoms with Gasteiger partial charge in [0.2, 0.25) is 0 Å². The third-order valence-corrected chi connectivity index (χ3v) is 2.40. The van der Waals surface area contributed by atoms with E-state index in [0.29, 0.717) is 0 Å². The quantitative estimate of drug-likeness (QED) is 0.828. The summed E-state index contributed by atoms with van der Waals surface area (Å²) >= 11 is 0. The zero-order valence-electron chi connectivity index (χ0n) is 8.51. The molecule has 0 atom stereocenters. The monoisotopic (exact) mass is 248 g/mol. The van der Waals surface area contributed by atoms with Gasteiger partial charge in [0.1, 0.15) is 0 Å². The number of hydrogen-bond donors (Lipinski definition) is 1. The number of benzene rings is 1. The van der Waals surface area contributed by atoms with Crippen LogP contribution in [0.1, 0.15) is 11.1 Å². The fraction of sp³-hybridized carbons (Fsp3) is 0.273.